The Morgan fingerprint density at radius 1 is 0.926 bits per heavy atom. The molecule has 0 spiro atoms. The summed E-state index contributed by atoms with van der Waals surface area (Å²) in [5, 5.41) is 2.68. The van der Waals surface area contributed by atoms with E-state index in [1.807, 2.05) is 0 Å². The Balaban J connectivity index is 1.69. The van der Waals surface area contributed by atoms with Crippen molar-refractivity contribution in [2.24, 2.45) is 0 Å². The first-order chi connectivity index (χ1) is 13.0. The van der Waals surface area contributed by atoms with E-state index in [4.69, 9.17) is 4.74 Å². The minimum atomic E-state index is -0.369. The van der Waals surface area contributed by atoms with Gasteiger partial charge in [0.25, 0.3) is 0 Å². The number of carbonyl (C=O) groups is 4. The third kappa shape index (κ3) is 4.09. The van der Waals surface area contributed by atoms with E-state index in [2.05, 4.69) is 5.32 Å². The second kappa shape index (κ2) is 8.18. The molecule has 0 aromatic heterocycles. The van der Waals surface area contributed by atoms with E-state index in [0.29, 0.717) is 29.0 Å². The molecule has 1 aliphatic carbocycles. The molecule has 0 radical (unpaired) electrons. The van der Waals surface area contributed by atoms with Gasteiger partial charge in [-0.2, -0.15) is 0 Å². The normalized spacial score (nSPS) is 12.2. The molecule has 2 aromatic carbocycles. The van der Waals surface area contributed by atoms with Crippen molar-refractivity contribution in [3.8, 4) is 0 Å². The Morgan fingerprint density at radius 2 is 1.56 bits per heavy atom. The molecule has 7 heteroatoms. The number of esters is 1. The first kappa shape index (κ1) is 18.8. The standard InChI is InChI=1S/C20H17NO5S/c1-2-26-18(23)11-27-10-17(22)21-12-7-8-15-16(9-12)20(25)14-6-4-3-5-13(14)19(15)24/h3-9H,2,10-11H2,1H3,(H,21,22). The van der Waals surface area contributed by atoms with Crippen LogP contribution in [0, 0.1) is 0 Å². The van der Waals surface area contributed by atoms with Crippen LogP contribution >= 0.6 is 11.8 Å². The van der Waals surface area contributed by atoms with Crippen molar-refractivity contribution in [3.05, 3.63) is 64.7 Å². The van der Waals surface area contributed by atoms with E-state index >= 15 is 0 Å². The third-order valence-corrected chi connectivity index (χ3v) is 4.87. The van der Waals surface area contributed by atoms with Crippen LogP contribution in [0.15, 0.2) is 42.5 Å². The lowest BCUT2D eigenvalue weighted by atomic mass is 9.84. The zero-order chi connectivity index (χ0) is 19.4. The number of nitrogens with one attached hydrogen (secondary N) is 1. The summed E-state index contributed by atoms with van der Waals surface area (Å²) in [6, 6.07) is 11.3. The molecule has 27 heavy (non-hydrogen) atoms. The van der Waals surface area contributed by atoms with Crippen LogP contribution in [0.5, 0.6) is 0 Å². The molecule has 0 atom stereocenters. The van der Waals surface area contributed by atoms with Crippen LogP contribution in [0.2, 0.25) is 0 Å². The van der Waals surface area contributed by atoms with Crippen molar-refractivity contribution >= 4 is 40.9 Å². The molecular weight excluding hydrogens is 366 g/mol. The van der Waals surface area contributed by atoms with Crippen molar-refractivity contribution in [1.82, 2.24) is 0 Å². The molecule has 138 valence electrons. The summed E-state index contributed by atoms with van der Waals surface area (Å²) in [6.07, 6.45) is 0. The van der Waals surface area contributed by atoms with Crippen molar-refractivity contribution in [2.75, 3.05) is 23.4 Å². The molecule has 0 saturated heterocycles. The Kier molecular flexibility index (Phi) is 5.71. The minimum absolute atomic E-state index is 0.0750. The number of hydrogen-bond acceptors (Lipinski definition) is 6. The maximum Gasteiger partial charge on any atom is 0.315 e. The highest BCUT2D eigenvalue weighted by molar-refractivity contribution is 8.00. The maximum absolute atomic E-state index is 12.7. The highest BCUT2D eigenvalue weighted by Gasteiger charge is 2.29. The van der Waals surface area contributed by atoms with E-state index in [-0.39, 0.29) is 40.5 Å². The first-order valence-electron chi connectivity index (χ1n) is 8.37. The molecule has 0 unspecified atom stereocenters. The summed E-state index contributed by atoms with van der Waals surface area (Å²) in [6.45, 7) is 2.02. The Hall–Kier alpha value is -2.93. The SMILES string of the molecule is CCOC(=O)CSCC(=O)Nc1ccc2c(c1)C(=O)c1ccccc1C2=O. The lowest BCUT2D eigenvalue weighted by molar-refractivity contribution is -0.139. The summed E-state index contributed by atoms with van der Waals surface area (Å²) in [7, 11) is 0. The van der Waals surface area contributed by atoms with Gasteiger partial charge in [-0.25, -0.2) is 0 Å². The molecule has 6 nitrogen and oxygen atoms in total. The molecule has 2 aromatic rings. The average molecular weight is 383 g/mol. The van der Waals surface area contributed by atoms with Gasteiger partial charge in [0.1, 0.15) is 0 Å². The Labute approximate surface area is 160 Å². The monoisotopic (exact) mass is 383 g/mol. The van der Waals surface area contributed by atoms with Gasteiger partial charge in [-0.1, -0.05) is 24.3 Å². The second-order valence-corrected chi connectivity index (χ2v) is 6.80. The van der Waals surface area contributed by atoms with Crippen molar-refractivity contribution in [1.29, 1.82) is 0 Å². The maximum atomic E-state index is 12.7. The van der Waals surface area contributed by atoms with Crippen molar-refractivity contribution in [3.63, 3.8) is 0 Å². The number of carbonyl (C=O) groups excluding carboxylic acids is 4. The zero-order valence-electron chi connectivity index (χ0n) is 14.6. The van der Waals surface area contributed by atoms with Gasteiger partial charge in [0.15, 0.2) is 11.6 Å². The molecule has 0 aliphatic heterocycles. The summed E-state index contributed by atoms with van der Waals surface area (Å²) < 4.78 is 4.79. The van der Waals surface area contributed by atoms with Crippen LogP contribution < -0.4 is 5.32 Å². The fraction of sp³-hybridized carbons (Fsp3) is 0.200. The molecular formula is C20H17NO5S. The molecule has 0 bridgehead atoms. The van der Waals surface area contributed by atoms with E-state index in [9.17, 15) is 19.2 Å². The van der Waals surface area contributed by atoms with Crippen molar-refractivity contribution in [2.45, 2.75) is 6.92 Å². The highest BCUT2D eigenvalue weighted by atomic mass is 32.2. The summed E-state index contributed by atoms with van der Waals surface area (Å²) in [4.78, 5) is 48.5. The summed E-state index contributed by atoms with van der Waals surface area (Å²) >= 11 is 1.14. The number of amides is 1. The van der Waals surface area contributed by atoms with Crippen LogP contribution in [0.4, 0.5) is 5.69 Å². The molecule has 0 fully saturated rings. The molecule has 1 amide bonds. The van der Waals surface area contributed by atoms with Gasteiger partial charge in [0, 0.05) is 27.9 Å². The Bertz CT molecular complexity index is 938. The molecule has 1 aliphatic rings. The third-order valence-electron chi connectivity index (χ3n) is 3.97. The topological polar surface area (TPSA) is 89.5 Å². The van der Waals surface area contributed by atoms with Crippen LogP contribution in [-0.4, -0.2) is 41.6 Å². The smallest absolute Gasteiger partial charge is 0.315 e. The molecule has 0 saturated carbocycles. The molecule has 0 heterocycles. The lowest BCUT2D eigenvalue weighted by Gasteiger charge is -2.18. The quantitative estimate of drug-likeness (QED) is 0.659. The van der Waals surface area contributed by atoms with E-state index in [1.165, 1.54) is 6.07 Å². The van der Waals surface area contributed by atoms with E-state index < -0.39 is 0 Å². The van der Waals surface area contributed by atoms with Crippen LogP contribution in [-0.2, 0) is 14.3 Å². The fourth-order valence-electron chi connectivity index (χ4n) is 2.80. The lowest BCUT2D eigenvalue weighted by Crippen LogP contribution is -2.22. The number of ether oxygens (including phenoxy) is 1. The van der Waals surface area contributed by atoms with Crippen LogP contribution in [0.3, 0.4) is 0 Å². The van der Waals surface area contributed by atoms with Gasteiger partial charge in [-0.05, 0) is 25.1 Å². The number of fused-ring (bicyclic) bond motifs is 2. The van der Waals surface area contributed by atoms with Gasteiger partial charge in [0.2, 0.25) is 5.91 Å². The summed E-state index contributed by atoms with van der Waals surface area (Å²) in [5.74, 6) is -0.956. The predicted molar refractivity (Wildman–Crippen MR) is 102 cm³/mol. The number of thioether (sulfide) groups is 1. The van der Waals surface area contributed by atoms with Gasteiger partial charge in [-0.3, -0.25) is 19.2 Å². The average Bonchev–Trinajstić information content (AvgIpc) is 2.66. The second-order valence-electron chi connectivity index (χ2n) is 5.81. The number of rotatable bonds is 6. The van der Waals surface area contributed by atoms with Gasteiger partial charge in [0.05, 0.1) is 18.1 Å². The van der Waals surface area contributed by atoms with Gasteiger partial charge in [-0.15, -0.1) is 11.8 Å². The van der Waals surface area contributed by atoms with Gasteiger partial charge >= 0.3 is 5.97 Å². The first-order valence-corrected chi connectivity index (χ1v) is 9.52. The number of benzene rings is 2. The predicted octanol–water partition coefficient (Wildman–Crippen LogP) is 2.70. The van der Waals surface area contributed by atoms with E-state index in [1.54, 1.807) is 43.3 Å². The van der Waals surface area contributed by atoms with Crippen molar-refractivity contribution < 1.29 is 23.9 Å². The molecule has 1 N–H and O–H groups in total. The van der Waals surface area contributed by atoms with Crippen LogP contribution in [0.25, 0.3) is 0 Å². The number of anilines is 1. The minimum Gasteiger partial charge on any atom is -0.465 e. The number of hydrogen-bond donors (Lipinski definition) is 1. The summed E-state index contributed by atoms with van der Waals surface area (Å²) in [5.41, 5.74) is 1.78. The van der Waals surface area contributed by atoms with E-state index in [0.717, 1.165) is 11.8 Å². The highest BCUT2D eigenvalue weighted by Crippen LogP contribution is 2.29. The zero-order valence-corrected chi connectivity index (χ0v) is 15.4. The number of ketones is 2. The largest absolute Gasteiger partial charge is 0.465 e. The fourth-order valence-corrected chi connectivity index (χ4v) is 3.41. The Morgan fingerprint density at radius 3 is 2.22 bits per heavy atom. The molecule has 3 rings (SSSR count). The van der Waals surface area contributed by atoms with Gasteiger partial charge < -0.3 is 10.1 Å². The van der Waals surface area contributed by atoms with Crippen LogP contribution in [0.1, 0.15) is 38.8 Å².